The van der Waals surface area contributed by atoms with Gasteiger partial charge in [0.2, 0.25) is 5.89 Å². The molecule has 3 aromatic rings. The Bertz CT molecular complexity index is 876. The van der Waals surface area contributed by atoms with E-state index < -0.39 is 0 Å². The van der Waals surface area contributed by atoms with Crippen LogP contribution in [0.2, 0.25) is 0 Å². The maximum Gasteiger partial charge on any atom is 0.437 e. The molecule has 0 atom stereocenters. The number of rotatable bonds is 9. The van der Waals surface area contributed by atoms with Crippen molar-refractivity contribution in [3.63, 3.8) is 0 Å². The molecule has 25 heavy (non-hydrogen) atoms. The number of aryl methyl sites for hydroxylation is 3. The molecule has 134 valence electrons. The lowest BCUT2D eigenvalue weighted by Crippen LogP contribution is -2.15. The Morgan fingerprint density at radius 3 is 2.92 bits per heavy atom. The van der Waals surface area contributed by atoms with Crippen molar-refractivity contribution in [3.05, 3.63) is 46.4 Å². The summed E-state index contributed by atoms with van der Waals surface area (Å²) in [5.74, 6) is 0.973. The standard InChI is InChI=1S/C19H25N3O3/c1-3-4-5-6-11-22-19(23)25-18(21-22)10-7-14-13-20-17-9-8-15(24-2)12-16(14)17/h8-9,12-13,20H,3-7,10-11H2,1-2H3. The Morgan fingerprint density at radius 1 is 1.24 bits per heavy atom. The molecule has 6 heteroatoms. The van der Waals surface area contributed by atoms with E-state index in [0.29, 0.717) is 18.9 Å². The second-order valence-electron chi connectivity index (χ2n) is 6.27. The molecule has 0 saturated carbocycles. The molecule has 6 nitrogen and oxygen atoms in total. The number of benzene rings is 1. The van der Waals surface area contributed by atoms with Crippen LogP contribution in [0, 0.1) is 0 Å². The fourth-order valence-electron chi connectivity index (χ4n) is 3.01. The number of aromatic amines is 1. The Balaban J connectivity index is 1.65. The first kappa shape index (κ1) is 17.3. The van der Waals surface area contributed by atoms with Crippen molar-refractivity contribution in [2.24, 2.45) is 0 Å². The number of H-pyrrole nitrogens is 1. The molecular formula is C19H25N3O3. The van der Waals surface area contributed by atoms with Crippen molar-refractivity contribution in [2.45, 2.75) is 52.0 Å². The Kier molecular flexibility index (Phi) is 5.58. The lowest BCUT2D eigenvalue weighted by molar-refractivity contribution is 0.415. The van der Waals surface area contributed by atoms with Crippen molar-refractivity contribution in [3.8, 4) is 5.75 Å². The second-order valence-corrected chi connectivity index (χ2v) is 6.27. The highest BCUT2D eigenvalue weighted by Crippen LogP contribution is 2.24. The van der Waals surface area contributed by atoms with Crippen LogP contribution in [0.5, 0.6) is 5.75 Å². The number of fused-ring (bicyclic) bond motifs is 1. The van der Waals surface area contributed by atoms with Gasteiger partial charge in [-0.3, -0.25) is 0 Å². The molecule has 0 fully saturated rings. The van der Waals surface area contributed by atoms with Crippen LogP contribution in [0.15, 0.2) is 33.6 Å². The number of hydrogen-bond donors (Lipinski definition) is 1. The van der Waals surface area contributed by atoms with E-state index in [-0.39, 0.29) is 5.76 Å². The molecule has 2 aromatic heterocycles. The van der Waals surface area contributed by atoms with E-state index >= 15 is 0 Å². The Morgan fingerprint density at radius 2 is 2.12 bits per heavy atom. The second kappa shape index (κ2) is 8.05. The number of hydrogen-bond acceptors (Lipinski definition) is 4. The maximum atomic E-state index is 11.9. The van der Waals surface area contributed by atoms with E-state index in [1.54, 1.807) is 7.11 Å². The summed E-state index contributed by atoms with van der Waals surface area (Å²) < 4.78 is 12.0. The van der Waals surface area contributed by atoms with Crippen LogP contribution in [-0.4, -0.2) is 21.9 Å². The maximum absolute atomic E-state index is 11.9. The van der Waals surface area contributed by atoms with Crippen LogP contribution in [0.4, 0.5) is 0 Å². The first-order chi connectivity index (χ1) is 12.2. The molecule has 0 aliphatic heterocycles. The number of unbranched alkanes of at least 4 members (excludes halogenated alkanes) is 3. The van der Waals surface area contributed by atoms with Gasteiger partial charge in [-0.05, 0) is 36.6 Å². The summed E-state index contributed by atoms with van der Waals surface area (Å²) >= 11 is 0. The van der Waals surface area contributed by atoms with E-state index in [4.69, 9.17) is 9.15 Å². The summed E-state index contributed by atoms with van der Waals surface area (Å²) in [6.07, 6.45) is 7.77. The van der Waals surface area contributed by atoms with E-state index in [9.17, 15) is 4.79 Å². The molecule has 0 radical (unpaired) electrons. The van der Waals surface area contributed by atoms with Crippen LogP contribution in [-0.2, 0) is 19.4 Å². The van der Waals surface area contributed by atoms with Gasteiger partial charge < -0.3 is 14.1 Å². The van der Waals surface area contributed by atoms with Gasteiger partial charge in [-0.25, -0.2) is 4.79 Å². The topological polar surface area (TPSA) is 73.1 Å². The third-order valence-electron chi connectivity index (χ3n) is 4.45. The zero-order chi connectivity index (χ0) is 17.6. The van der Waals surface area contributed by atoms with E-state index in [2.05, 4.69) is 17.0 Å². The molecule has 0 bridgehead atoms. The number of nitrogens with one attached hydrogen (secondary N) is 1. The predicted octanol–water partition coefficient (Wildman–Crippen LogP) is 3.69. The average Bonchev–Trinajstić information content (AvgIpc) is 3.19. The lowest BCUT2D eigenvalue weighted by atomic mass is 10.1. The minimum Gasteiger partial charge on any atom is -0.497 e. The molecule has 3 rings (SSSR count). The smallest absolute Gasteiger partial charge is 0.437 e. The molecule has 1 N–H and O–H groups in total. The molecule has 2 heterocycles. The summed E-state index contributed by atoms with van der Waals surface area (Å²) in [7, 11) is 1.66. The monoisotopic (exact) mass is 343 g/mol. The predicted molar refractivity (Wildman–Crippen MR) is 97.2 cm³/mol. The quantitative estimate of drug-likeness (QED) is 0.601. The van der Waals surface area contributed by atoms with Crippen molar-refractivity contribution in [2.75, 3.05) is 7.11 Å². The largest absolute Gasteiger partial charge is 0.497 e. The third kappa shape index (κ3) is 4.13. The summed E-state index contributed by atoms with van der Waals surface area (Å²) in [4.78, 5) is 15.1. The fourth-order valence-corrected chi connectivity index (χ4v) is 3.01. The third-order valence-corrected chi connectivity index (χ3v) is 4.45. The van der Waals surface area contributed by atoms with Gasteiger partial charge in [0.25, 0.3) is 0 Å². The van der Waals surface area contributed by atoms with Gasteiger partial charge in [-0.1, -0.05) is 26.2 Å². The molecular weight excluding hydrogens is 318 g/mol. The van der Waals surface area contributed by atoms with Gasteiger partial charge in [0.05, 0.1) is 7.11 Å². The van der Waals surface area contributed by atoms with Gasteiger partial charge in [0.1, 0.15) is 5.75 Å². The average molecular weight is 343 g/mol. The fraction of sp³-hybridized carbons (Fsp3) is 0.474. The molecule has 0 unspecified atom stereocenters. The van der Waals surface area contributed by atoms with Gasteiger partial charge in [0, 0.05) is 30.1 Å². The van der Waals surface area contributed by atoms with Crippen LogP contribution < -0.4 is 10.5 Å². The zero-order valence-corrected chi connectivity index (χ0v) is 14.9. The van der Waals surface area contributed by atoms with Crippen LogP contribution in [0.25, 0.3) is 10.9 Å². The van der Waals surface area contributed by atoms with E-state index in [1.165, 1.54) is 17.5 Å². The highest BCUT2D eigenvalue weighted by Gasteiger charge is 2.10. The molecule has 0 spiro atoms. The van der Waals surface area contributed by atoms with Crippen molar-refractivity contribution in [1.29, 1.82) is 0 Å². The Labute approximate surface area is 146 Å². The van der Waals surface area contributed by atoms with E-state index in [1.807, 2.05) is 24.4 Å². The van der Waals surface area contributed by atoms with Gasteiger partial charge in [-0.15, -0.1) is 5.10 Å². The first-order valence-corrected chi connectivity index (χ1v) is 8.92. The van der Waals surface area contributed by atoms with Crippen molar-refractivity contribution < 1.29 is 9.15 Å². The lowest BCUT2D eigenvalue weighted by Gasteiger charge is -2.01. The van der Waals surface area contributed by atoms with Gasteiger partial charge >= 0.3 is 5.76 Å². The molecule has 0 aliphatic carbocycles. The summed E-state index contributed by atoms with van der Waals surface area (Å²) in [6.45, 7) is 2.80. The number of methoxy groups -OCH3 is 1. The summed E-state index contributed by atoms with van der Waals surface area (Å²) in [5.41, 5.74) is 2.23. The SMILES string of the molecule is CCCCCCn1nc(CCc2c[nH]c3ccc(OC)cc23)oc1=O. The number of ether oxygens (including phenoxy) is 1. The van der Waals surface area contributed by atoms with Crippen molar-refractivity contribution in [1.82, 2.24) is 14.8 Å². The number of aromatic nitrogens is 3. The number of nitrogens with zero attached hydrogens (tertiary/aromatic N) is 2. The van der Waals surface area contributed by atoms with Crippen LogP contribution in [0.1, 0.15) is 44.1 Å². The first-order valence-electron chi connectivity index (χ1n) is 8.92. The van der Waals surface area contributed by atoms with Gasteiger partial charge in [0.15, 0.2) is 0 Å². The van der Waals surface area contributed by atoms with Crippen LogP contribution in [0.3, 0.4) is 0 Å². The highest BCUT2D eigenvalue weighted by atomic mass is 16.5. The minimum atomic E-state index is -0.355. The Hall–Kier alpha value is -2.50. The molecule has 1 aromatic carbocycles. The highest BCUT2D eigenvalue weighted by molar-refractivity contribution is 5.84. The molecule has 0 saturated heterocycles. The van der Waals surface area contributed by atoms with Crippen LogP contribution >= 0.6 is 0 Å². The zero-order valence-electron chi connectivity index (χ0n) is 14.9. The summed E-state index contributed by atoms with van der Waals surface area (Å²) in [6, 6.07) is 5.95. The van der Waals surface area contributed by atoms with Crippen molar-refractivity contribution >= 4 is 10.9 Å². The van der Waals surface area contributed by atoms with E-state index in [0.717, 1.165) is 41.5 Å². The van der Waals surface area contributed by atoms with Gasteiger partial charge in [-0.2, -0.15) is 4.68 Å². The molecule has 0 amide bonds. The normalized spacial score (nSPS) is 11.3. The minimum absolute atomic E-state index is 0.355. The summed E-state index contributed by atoms with van der Waals surface area (Å²) in [5, 5.41) is 5.45. The molecule has 0 aliphatic rings.